The number of benzene rings is 2. The van der Waals surface area contributed by atoms with Crippen molar-refractivity contribution in [3.8, 4) is 17.0 Å². The van der Waals surface area contributed by atoms with E-state index in [1.54, 1.807) is 33.0 Å². The minimum atomic E-state index is -3.37. The van der Waals surface area contributed by atoms with Gasteiger partial charge >= 0.3 is 6.76 Å². The van der Waals surface area contributed by atoms with Gasteiger partial charge < -0.3 is 18.2 Å². The first-order valence-corrected chi connectivity index (χ1v) is 8.41. The van der Waals surface area contributed by atoms with E-state index in [0.717, 1.165) is 16.3 Å². The molecule has 1 aliphatic heterocycles. The van der Waals surface area contributed by atoms with Gasteiger partial charge in [0.15, 0.2) is 5.69 Å². The maximum Gasteiger partial charge on any atom is 0.700 e. The van der Waals surface area contributed by atoms with Crippen molar-refractivity contribution in [2.45, 2.75) is 20.8 Å². The van der Waals surface area contributed by atoms with Crippen LogP contribution in [0.5, 0.6) is 5.75 Å². The van der Waals surface area contributed by atoms with Crippen molar-refractivity contribution in [1.29, 1.82) is 0 Å². The van der Waals surface area contributed by atoms with Gasteiger partial charge in [-0.25, -0.2) is 0 Å². The van der Waals surface area contributed by atoms with E-state index in [2.05, 4.69) is 0 Å². The highest BCUT2D eigenvalue weighted by atomic mass is 19.1. The molecule has 0 bridgehead atoms. The van der Waals surface area contributed by atoms with Crippen LogP contribution in [0.25, 0.3) is 22.0 Å². The third-order valence-electron chi connectivity index (χ3n) is 4.72. The average Bonchev–Trinajstić information content (AvgIpc) is 2.59. The summed E-state index contributed by atoms with van der Waals surface area (Å²) in [5.74, 6) is 0.407. The minimum absolute atomic E-state index is 0.407. The lowest BCUT2D eigenvalue weighted by Gasteiger charge is -2.37. The fraction of sp³-hybridized carbons (Fsp3) is 0.200. The number of hydrogen-bond acceptors (Lipinski definition) is 2. The van der Waals surface area contributed by atoms with E-state index in [9.17, 15) is 4.79 Å². The van der Waals surface area contributed by atoms with E-state index in [4.69, 9.17) is 4.65 Å². The summed E-state index contributed by atoms with van der Waals surface area (Å²) in [4.78, 5) is 12.9. The number of carbonyl (C=O) groups is 1. The molecule has 0 fully saturated rings. The van der Waals surface area contributed by atoms with Gasteiger partial charge in [-0.1, -0.05) is 51.1 Å². The van der Waals surface area contributed by atoms with Crippen molar-refractivity contribution >= 4 is 23.2 Å². The SMILES string of the molecule is CC(C)(C)C(=O)[B-]1(F)Oc2cc3ccccc3cc2-c2cccc[n+]21. The minimum Gasteiger partial charge on any atom is -0.624 e. The normalized spacial score (nSPS) is 19.0. The Labute approximate surface area is 146 Å². The summed E-state index contributed by atoms with van der Waals surface area (Å²) in [5, 5.41) is 1.99. The lowest BCUT2D eigenvalue weighted by molar-refractivity contribution is -0.555. The molecule has 0 N–H and O–H groups in total. The Morgan fingerprint density at radius 2 is 1.68 bits per heavy atom. The molecule has 3 aromatic rings. The van der Waals surface area contributed by atoms with Crippen LogP contribution < -0.4 is 9.13 Å². The van der Waals surface area contributed by atoms with Crippen LogP contribution in [0.2, 0.25) is 0 Å². The van der Waals surface area contributed by atoms with Crippen LogP contribution in [-0.2, 0) is 4.79 Å². The van der Waals surface area contributed by atoms with E-state index < -0.39 is 17.9 Å². The molecule has 2 heterocycles. The molecule has 0 aliphatic carbocycles. The standard InChI is InChI=1S/C20H19BFNO2/c1-20(2,3)19(24)21(22)23-11-7-6-10-17(23)16-12-14-8-4-5-9-15(14)13-18(16)25-21/h4-13H,1-3H3. The first kappa shape index (κ1) is 15.8. The zero-order chi connectivity index (χ0) is 17.8. The van der Waals surface area contributed by atoms with Gasteiger partial charge in [-0.05, 0) is 34.4 Å². The molecular weight excluding hydrogens is 316 g/mol. The molecule has 3 nitrogen and oxygen atoms in total. The van der Waals surface area contributed by atoms with Crippen LogP contribution in [0.4, 0.5) is 4.32 Å². The third-order valence-corrected chi connectivity index (χ3v) is 4.72. The van der Waals surface area contributed by atoms with E-state index in [1.807, 2.05) is 48.5 Å². The summed E-state index contributed by atoms with van der Waals surface area (Å²) < 4.78 is 23.1. The highest BCUT2D eigenvalue weighted by Gasteiger charge is 2.57. The van der Waals surface area contributed by atoms with Gasteiger partial charge in [-0.2, -0.15) is 0 Å². The van der Waals surface area contributed by atoms with E-state index in [0.29, 0.717) is 11.4 Å². The maximum atomic E-state index is 16.0. The lowest BCUT2D eigenvalue weighted by Crippen LogP contribution is -2.75. The molecule has 4 rings (SSSR count). The smallest absolute Gasteiger partial charge is 0.624 e. The molecule has 1 aliphatic rings. The second-order valence-electron chi connectivity index (χ2n) is 7.57. The van der Waals surface area contributed by atoms with Crippen LogP contribution in [0.3, 0.4) is 0 Å². The van der Waals surface area contributed by atoms with Gasteiger partial charge in [0.25, 0.3) is 0 Å². The second kappa shape index (κ2) is 5.15. The van der Waals surface area contributed by atoms with Crippen molar-refractivity contribution < 1.29 is 18.2 Å². The van der Waals surface area contributed by atoms with Gasteiger partial charge in [0.05, 0.1) is 11.3 Å². The number of hydrogen-bond donors (Lipinski definition) is 0. The third kappa shape index (κ3) is 2.34. The molecule has 126 valence electrons. The summed E-state index contributed by atoms with van der Waals surface area (Å²) in [6.45, 7) is 1.76. The largest absolute Gasteiger partial charge is 0.700 e. The Hall–Kier alpha value is -2.69. The molecule has 1 atom stereocenters. The number of halogens is 1. The molecule has 5 heteroatoms. The maximum absolute atomic E-state index is 16.0. The Morgan fingerprint density at radius 1 is 1.04 bits per heavy atom. The van der Waals surface area contributed by atoms with Crippen LogP contribution in [0.15, 0.2) is 60.8 Å². The molecule has 0 amide bonds. The van der Waals surface area contributed by atoms with Crippen LogP contribution in [0.1, 0.15) is 20.8 Å². The quantitative estimate of drug-likeness (QED) is 0.627. The summed E-state index contributed by atoms with van der Waals surface area (Å²) in [7, 11) is 0. The Morgan fingerprint density at radius 3 is 2.36 bits per heavy atom. The van der Waals surface area contributed by atoms with E-state index in [-0.39, 0.29) is 0 Å². The van der Waals surface area contributed by atoms with Crippen LogP contribution in [-0.4, -0.2) is 12.4 Å². The highest BCUT2D eigenvalue weighted by molar-refractivity contribution is 6.91. The molecule has 1 aromatic heterocycles. The number of fused-ring (bicyclic) bond motifs is 4. The van der Waals surface area contributed by atoms with E-state index >= 15 is 4.32 Å². The molecule has 1 unspecified atom stereocenters. The number of carbonyl (C=O) groups excluding carboxylic acids is 1. The van der Waals surface area contributed by atoms with Crippen LogP contribution in [0, 0.1) is 5.41 Å². The van der Waals surface area contributed by atoms with Crippen molar-refractivity contribution in [2.75, 3.05) is 0 Å². The molecule has 0 spiro atoms. The van der Waals surface area contributed by atoms with E-state index in [1.165, 1.54) is 4.48 Å². The summed E-state index contributed by atoms with van der Waals surface area (Å²) in [6, 6.07) is 17.0. The number of pyridine rings is 1. The van der Waals surface area contributed by atoms with Gasteiger partial charge in [-0.15, -0.1) is 0 Å². The Bertz CT molecular complexity index is 1010. The molecule has 25 heavy (non-hydrogen) atoms. The van der Waals surface area contributed by atoms with Gasteiger partial charge in [0, 0.05) is 6.07 Å². The van der Waals surface area contributed by atoms with Crippen molar-refractivity contribution in [2.24, 2.45) is 5.41 Å². The van der Waals surface area contributed by atoms with Crippen molar-refractivity contribution in [3.63, 3.8) is 0 Å². The molecule has 0 radical (unpaired) electrons. The Kier molecular flexibility index (Phi) is 3.26. The first-order chi connectivity index (χ1) is 11.8. The molecule has 0 saturated heterocycles. The molecule has 2 aromatic carbocycles. The average molecular weight is 335 g/mol. The highest BCUT2D eigenvalue weighted by Crippen LogP contribution is 2.38. The summed E-state index contributed by atoms with van der Waals surface area (Å²) in [5.41, 5.74) is 0.0259. The lowest BCUT2D eigenvalue weighted by atomic mass is 9.59. The van der Waals surface area contributed by atoms with Gasteiger partial charge in [0.2, 0.25) is 0 Å². The predicted octanol–water partition coefficient (Wildman–Crippen LogP) is 4.10. The van der Waals surface area contributed by atoms with Gasteiger partial charge in [0.1, 0.15) is 11.9 Å². The predicted molar refractivity (Wildman–Crippen MR) is 96.9 cm³/mol. The fourth-order valence-corrected chi connectivity index (χ4v) is 3.43. The number of aromatic nitrogens is 1. The monoisotopic (exact) mass is 335 g/mol. The van der Waals surface area contributed by atoms with Crippen molar-refractivity contribution in [3.05, 3.63) is 60.8 Å². The zero-order valence-corrected chi connectivity index (χ0v) is 14.5. The van der Waals surface area contributed by atoms with Gasteiger partial charge in [-0.3, -0.25) is 0 Å². The van der Waals surface area contributed by atoms with Crippen LogP contribution >= 0.6 is 0 Å². The summed E-state index contributed by atoms with van der Waals surface area (Å²) in [6.07, 6.45) is 1.58. The first-order valence-electron chi connectivity index (χ1n) is 8.41. The van der Waals surface area contributed by atoms with Crippen molar-refractivity contribution in [1.82, 2.24) is 0 Å². The fourth-order valence-electron chi connectivity index (χ4n) is 3.43. The molecule has 0 saturated carbocycles. The topological polar surface area (TPSA) is 30.2 Å². The zero-order valence-electron chi connectivity index (χ0n) is 14.5. The molecular formula is C20H19BFNO2. The summed E-state index contributed by atoms with van der Waals surface area (Å²) >= 11 is 0. The number of nitrogens with zero attached hydrogens (tertiary/aromatic N) is 1. The number of rotatable bonds is 1. The second-order valence-corrected chi connectivity index (χ2v) is 7.57. The Balaban J connectivity index is 2.00.